The topological polar surface area (TPSA) is 88.4 Å². The van der Waals surface area contributed by atoms with Crippen LogP contribution in [0.2, 0.25) is 5.02 Å². The van der Waals surface area contributed by atoms with Crippen molar-refractivity contribution >= 4 is 52.2 Å². The Morgan fingerprint density at radius 2 is 1.97 bits per heavy atom. The van der Waals surface area contributed by atoms with E-state index in [0.29, 0.717) is 44.5 Å². The quantitative estimate of drug-likeness (QED) is 0.648. The van der Waals surface area contributed by atoms with Crippen molar-refractivity contribution in [2.24, 2.45) is 4.99 Å². The van der Waals surface area contributed by atoms with Crippen LogP contribution in [0, 0.1) is 0 Å². The first-order valence-electron chi connectivity index (χ1n) is 8.94. The summed E-state index contributed by atoms with van der Waals surface area (Å²) >= 11 is 7.57. The Bertz CT molecular complexity index is 1050. The summed E-state index contributed by atoms with van der Waals surface area (Å²) in [5.74, 6) is -0.180. The largest absolute Gasteiger partial charge is 0.493 e. The molecule has 0 spiro atoms. The van der Waals surface area contributed by atoms with Gasteiger partial charge in [0.25, 0.3) is 5.91 Å². The number of hydrogen-bond donors (Lipinski definition) is 1. The van der Waals surface area contributed by atoms with Gasteiger partial charge in [0, 0.05) is 13.1 Å². The molecule has 1 fully saturated rings. The van der Waals surface area contributed by atoms with Gasteiger partial charge in [0.1, 0.15) is 0 Å². The molecule has 1 aliphatic heterocycles. The molecule has 0 bridgehead atoms. The van der Waals surface area contributed by atoms with Gasteiger partial charge in [0.05, 0.1) is 34.9 Å². The Labute approximate surface area is 183 Å². The number of amidine groups is 1. The summed E-state index contributed by atoms with van der Waals surface area (Å²) in [4.78, 5) is 30.0. The molecule has 0 aliphatic carbocycles. The van der Waals surface area contributed by atoms with Gasteiger partial charge in [-0.2, -0.15) is 0 Å². The molecule has 2 aromatic carbocycles. The van der Waals surface area contributed by atoms with E-state index in [-0.39, 0.29) is 11.5 Å². The van der Waals surface area contributed by atoms with Crippen LogP contribution in [0.4, 0.5) is 5.69 Å². The van der Waals surface area contributed by atoms with Crippen molar-refractivity contribution in [3.63, 3.8) is 0 Å². The molecule has 0 aromatic heterocycles. The summed E-state index contributed by atoms with van der Waals surface area (Å²) in [6.45, 7) is 2.34. The summed E-state index contributed by atoms with van der Waals surface area (Å²) in [6, 6.07) is 9.48. The van der Waals surface area contributed by atoms with Crippen molar-refractivity contribution in [2.45, 2.75) is 6.92 Å². The number of aromatic carboxylic acids is 1. The van der Waals surface area contributed by atoms with E-state index >= 15 is 0 Å². The van der Waals surface area contributed by atoms with E-state index in [1.807, 2.05) is 6.92 Å². The molecule has 0 saturated carbocycles. The maximum Gasteiger partial charge on any atom is 0.335 e. The molecule has 1 N–H and O–H groups in total. The first-order chi connectivity index (χ1) is 14.3. The highest BCUT2D eigenvalue weighted by molar-refractivity contribution is 8.18. The maximum atomic E-state index is 12.7. The van der Waals surface area contributed by atoms with E-state index in [0.717, 1.165) is 0 Å². The Hall–Kier alpha value is -2.97. The monoisotopic (exact) mass is 446 g/mol. The molecular formula is C21H19ClN2O5S. The van der Waals surface area contributed by atoms with Gasteiger partial charge < -0.3 is 14.6 Å². The molecule has 0 atom stereocenters. The molecule has 0 unspecified atom stereocenters. The number of carbonyl (C=O) groups excluding carboxylic acids is 1. The van der Waals surface area contributed by atoms with Gasteiger partial charge in [0.15, 0.2) is 16.7 Å². The number of carbonyl (C=O) groups is 2. The Balaban J connectivity index is 1.90. The van der Waals surface area contributed by atoms with Crippen molar-refractivity contribution < 1.29 is 24.2 Å². The highest BCUT2D eigenvalue weighted by Gasteiger charge is 2.30. The molecule has 156 valence electrons. The van der Waals surface area contributed by atoms with Crippen LogP contribution in [0.25, 0.3) is 6.08 Å². The van der Waals surface area contributed by atoms with E-state index < -0.39 is 5.97 Å². The van der Waals surface area contributed by atoms with E-state index in [2.05, 4.69) is 4.99 Å². The zero-order valence-corrected chi connectivity index (χ0v) is 18.1. The highest BCUT2D eigenvalue weighted by Crippen LogP contribution is 2.38. The molecule has 7 nitrogen and oxygen atoms in total. The maximum absolute atomic E-state index is 12.7. The van der Waals surface area contributed by atoms with Crippen LogP contribution in [0.1, 0.15) is 22.8 Å². The van der Waals surface area contributed by atoms with Gasteiger partial charge >= 0.3 is 5.97 Å². The third-order valence-corrected chi connectivity index (χ3v) is 5.60. The summed E-state index contributed by atoms with van der Waals surface area (Å²) < 4.78 is 10.9. The lowest BCUT2D eigenvalue weighted by Crippen LogP contribution is -2.23. The zero-order chi connectivity index (χ0) is 21.8. The number of aliphatic imine (C=N–C) groups is 1. The number of rotatable bonds is 6. The predicted octanol–water partition coefficient (Wildman–Crippen LogP) is 4.68. The molecule has 3 rings (SSSR count). The normalized spacial score (nSPS) is 16.4. The summed E-state index contributed by atoms with van der Waals surface area (Å²) in [7, 11) is 3.16. The van der Waals surface area contributed by atoms with Crippen molar-refractivity contribution in [1.82, 2.24) is 4.90 Å². The van der Waals surface area contributed by atoms with Crippen LogP contribution in [0.15, 0.2) is 46.3 Å². The Morgan fingerprint density at radius 1 is 1.27 bits per heavy atom. The number of benzene rings is 2. The van der Waals surface area contributed by atoms with E-state index in [9.17, 15) is 9.59 Å². The second-order valence-corrected chi connectivity index (χ2v) is 7.60. The number of carboxylic acid groups (broad SMARTS) is 1. The first-order valence-corrected chi connectivity index (χ1v) is 10.1. The van der Waals surface area contributed by atoms with Crippen LogP contribution >= 0.6 is 23.4 Å². The third-order valence-electron chi connectivity index (χ3n) is 4.21. The lowest BCUT2D eigenvalue weighted by Gasteiger charge is -2.11. The Kier molecular flexibility index (Phi) is 6.69. The van der Waals surface area contributed by atoms with Crippen LogP contribution in [-0.4, -0.2) is 47.8 Å². The molecule has 1 amide bonds. The van der Waals surface area contributed by atoms with Crippen molar-refractivity contribution in [3.05, 3.63) is 57.5 Å². The van der Waals surface area contributed by atoms with Gasteiger partial charge in [0.2, 0.25) is 0 Å². The van der Waals surface area contributed by atoms with E-state index in [4.69, 9.17) is 26.2 Å². The number of carboxylic acids is 1. The molecule has 1 aliphatic rings. The van der Waals surface area contributed by atoms with Gasteiger partial charge in [-0.15, -0.1) is 0 Å². The number of ether oxygens (including phenoxy) is 2. The lowest BCUT2D eigenvalue weighted by atomic mass is 10.1. The number of amides is 1. The fourth-order valence-corrected chi connectivity index (χ4v) is 3.86. The minimum atomic E-state index is -1.01. The standard InChI is InChI=1S/C21H19ClN2O5S/c1-4-29-17-11-15(22)13(9-16(17)28-3)10-18-19(25)24(2)21(30-18)23-14-7-5-12(6-8-14)20(26)27/h5-11H,4H2,1-3H3,(H,26,27)/b18-10-,23-21?. The van der Waals surface area contributed by atoms with Gasteiger partial charge in [-0.1, -0.05) is 11.6 Å². The zero-order valence-electron chi connectivity index (χ0n) is 16.5. The van der Waals surface area contributed by atoms with Crippen molar-refractivity contribution in [2.75, 3.05) is 20.8 Å². The van der Waals surface area contributed by atoms with Crippen LogP contribution < -0.4 is 9.47 Å². The lowest BCUT2D eigenvalue weighted by molar-refractivity contribution is -0.121. The average Bonchev–Trinajstić information content (AvgIpc) is 2.98. The fourth-order valence-electron chi connectivity index (χ4n) is 2.67. The number of thioether (sulfide) groups is 1. The van der Waals surface area contributed by atoms with Gasteiger partial charge in [-0.3, -0.25) is 9.69 Å². The molecule has 2 aromatic rings. The summed E-state index contributed by atoms with van der Waals surface area (Å²) in [5, 5.41) is 9.89. The van der Waals surface area contributed by atoms with Crippen LogP contribution in [0.3, 0.4) is 0 Å². The molecular weight excluding hydrogens is 428 g/mol. The second kappa shape index (κ2) is 9.23. The van der Waals surface area contributed by atoms with Crippen molar-refractivity contribution in [1.29, 1.82) is 0 Å². The number of halogens is 1. The SMILES string of the molecule is CCOc1cc(Cl)c(/C=C2\SC(=Nc3ccc(C(=O)O)cc3)N(C)C2=O)cc1OC. The second-order valence-electron chi connectivity index (χ2n) is 6.18. The molecule has 9 heteroatoms. The molecule has 30 heavy (non-hydrogen) atoms. The van der Waals surface area contributed by atoms with Gasteiger partial charge in [-0.25, -0.2) is 9.79 Å². The number of nitrogens with zero attached hydrogens (tertiary/aromatic N) is 2. The van der Waals surface area contributed by atoms with E-state index in [1.54, 1.807) is 37.4 Å². The van der Waals surface area contributed by atoms with E-state index in [1.165, 1.54) is 35.9 Å². The smallest absolute Gasteiger partial charge is 0.335 e. The molecule has 1 heterocycles. The van der Waals surface area contributed by atoms with Crippen LogP contribution in [-0.2, 0) is 4.79 Å². The molecule has 0 radical (unpaired) electrons. The highest BCUT2D eigenvalue weighted by atomic mass is 35.5. The minimum Gasteiger partial charge on any atom is -0.493 e. The first kappa shape index (κ1) is 21.7. The Morgan fingerprint density at radius 3 is 2.57 bits per heavy atom. The predicted molar refractivity (Wildman–Crippen MR) is 118 cm³/mol. The van der Waals surface area contributed by atoms with Gasteiger partial charge in [-0.05, 0) is 60.7 Å². The fraction of sp³-hybridized carbons (Fsp3) is 0.190. The summed E-state index contributed by atoms with van der Waals surface area (Å²) in [5.41, 5.74) is 1.33. The number of likely N-dealkylation sites (N-methyl/N-ethyl adjacent to an activating group) is 1. The van der Waals surface area contributed by atoms with Crippen LogP contribution in [0.5, 0.6) is 11.5 Å². The third kappa shape index (κ3) is 4.60. The molecule has 1 saturated heterocycles. The number of methoxy groups -OCH3 is 1. The summed E-state index contributed by atoms with van der Waals surface area (Å²) in [6.07, 6.45) is 1.68. The average molecular weight is 447 g/mol. The van der Waals surface area contributed by atoms with Crippen molar-refractivity contribution in [3.8, 4) is 11.5 Å². The number of hydrogen-bond acceptors (Lipinski definition) is 6. The minimum absolute atomic E-state index is 0.169.